The average Bonchev–Trinajstić information content (AvgIpc) is 2.91. The zero-order valence-corrected chi connectivity index (χ0v) is 16.3. The molecule has 2 aromatic carbocycles. The molecule has 130 valence electrons. The van der Waals surface area contributed by atoms with E-state index in [-0.39, 0.29) is 0 Å². The van der Waals surface area contributed by atoms with Crippen LogP contribution in [0.5, 0.6) is 0 Å². The lowest BCUT2D eigenvalue weighted by Gasteiger charge is -2.17. The monoisotopic (exact) mass is 370 g/mol. The molecule has 0 atom stereocenters. The van der Waals surface area contributed by atoms with Crippen molar-refractivity contribution >= 4 is 34.4 Å². The van der Waals surface area contributed by atoms with Gasteiger partial charge in [0.15, 0.2) is 3.95 Å². The van der Waals surface area contributed by atoms with Crippen LogP contribution in [0, 0.1) is 17.8 Å². The van der Waals surface area contributed by atoms with Crippen molar-refractivity contribution < 1.29 is 0 Å². The lowest BCUT2D eigenvalue weighted by atomic mass is 10.1. The standard InChI is InChI=1S/C19H22N4S2/c1-14-8-10-17(11-9-14)20-18-21-23(19(24)25-18)13-22(3)12-16-7-5-4-6-15(16)2/h4-11H,12-13H2,1-3H3,(H,20,21). The fraction of sp³-hybridized carbons (Fsp3) is 0.263. The van der Waals surface area contributed by atoms with E-state index in [1.807, 2.05) is 4.68 Å². The maximum atomic E-state index is 5.47. The summed E-state index contributed by atoms with van der Waals surface area (Å²) in [5.74, 6) is 0. The highest BCUT2D eigenvalue weighted by Gasteiger charge is 2.08. The lowest BCUT2D eigenvalue weighted by molar-refractivity contribution is 0.245. The fourth-order valence-corrected chi connectivity index (χ4v) is 3.58. The van der Waals surface area contributed by atoms with Gasteiger partial charge < -0.3 is 5.32 Å². The first-order valence-corrected chi connectivity index (χ1v) is 9.38. The minimum Gasteiger partial charge on any atom is -0.330 e. The quantitative estimate of drug-likeness (QED) is 0.610. The van der Waals surface area contributed by atoms with Crippen LogP contribution in [-0.2, 0) is 13.2 Å². The number of aromatic nitrogens is 2. The third kappa shape index (κ3) is 4.75. The number of aryl methyl sites for hydroxylation is 2. The maximum Gasteiger partial charge on any atom is 0.209 e. The van der Waals surface area contributed by atoms with Crippen LogP contribution in [0.15, 0.2) is 48.5 Å². The van der Waals surface area contributed by atoms with Gasteiger partial charge in [0.2, 0.25) is 5.13 Å². The second-order valence-corrected chi connectivity index (χ2v) is 7.87. The van der Waals surface area contributed by atoms with E-state index in [2.05, 4.69) is 84.7 Å². The van der Waals surface area contributed by atoms with Gasteiger partial charge in [-0.05, 0) is 56.4 Å². The zero-order valence-electron chi connectivity index (χ0n) is 14.7. The van der Waals surface area contributed by atoms with Crippen LogP contribution in [0.4, 0.5) is 10.8 Å². The molecule has 1 heterocycles. The molecule has 0 aliphatic rings. The van der Waals surface area contributed by atoms with Crippen LogP contribution < -0.4 is 5.32 Å². The minimum absolute atomic E-state index is 0.666. The van der Waals surface area contributed by atoms with Gasteiger partial charge in [-0.3, -0.25) is 4.90 Å². The molecule has 1 aromatic heterocycles. The summed E-state index contributed by atoms with van der Waals surface area (Å²) < 4.78 is 2.64. The number of nitrogens with one attached hydrogen (secondary N) is 1. The third-order valence-electron chi connectivity index (χ3n) is 3.99. The van der Waals surface area contributed by atoms with Gasteiger partial charge in [0.25, 0.3) is 0 Å². The van der Waals surface area contributed by atoms with Crippen molar-refractivity contribution in [2.24, 2.45) is 0 Å². The Kier molecular flexibility index (Phi) is 5.63. The minimum atomic E-state index is 0.666. The van der Waals surface area contributed by atoms with Crippen molar-refractivity contribution in [3.8, 4) is 0 Å². The maximum absolute atomic E-state index is 5.47. The molecule has 0 aliphatic carbocycles. The molecule has 25 heavy (non-hydrogen) atoms. The van der Waals surface area contributed by atoms with Crippen molar-refractivity contribution in [3.63, 3.8) is 0 Å². The van der Waals surface area contributed by atoms with E-state index in [0.29, 0.717) is 6.67 Å². The highest BCUT2D eigenvalue weighted by molar-refractivity contribution is 7.73. The summed E-state index contributed by atoms with van der Waals surface area (Å²) in [5.41, 5.74) is 4.89. The van der Waals surface area contributed by atoms with Gasteiger partial charge in [-0.15, -0.1) is 5.10 Å². The van der Waals surface area contributed by atoms with E-state index >= 15 is 0 Å². The molecule has 3 aromatic rings. The Bertz CT molecular complexity index is 896. The Hall–Kier alpha value is -2.02. The molecule has 0 bridgehead atoms. The number of benzene rings is 2. The number of rotatable bonds is 6. The van der Waals surface area contributed by atoms with E-state index in [1.165, 1.54) is 28.0 Å². The van der Waals surface area contributed by atoms with Gasteiger partial charge in [-0.2, -0.15) is 0 Å². The Morgan fingerprint density at radius 2 is 1.84 bits per heavy atom. The smallest absolute Gasteiger partial charge is 0.209 e. The van der Waals surface area contributed by atoms with Crippen molar-refractivity contribution in [2.45, 2.75) is 27.1 Å². The normalized spacial score (nSPS) is 11.0. The Balaban J connectivity index is 1.67. The van der Waals surface area contributed by atoms with Gasteiger partial charge in [-0.1, -0.05) is 53.3 Å². The number of anilines is 2. The zero-order chi connectivity index (χ0) is 17.8. The van der Waals surface area contributed by atoms with Crippen LogP contribution in [0.1, 0.15) is 16.7 Å². The van der Waals surface area contributed by atoms with Crippen molar-refractivity contribution in [3.05, 3.63) is 69.2 Å². The fourth-order valence-electron chi connectivity index (χ4n) is 2.56. The molecule has 0 unspecified atom stereocenters. The molecule has 6 heteroatoms. The average molecular weight is 371 g/mol. The van der Waals surface area contributed by atoms with Crippen LogP contribution >= 0.6 is 23.6 Å². The molecular weight excluding hydrogens is 348 g/mol. The predicted octanol–water partition coefficient (Wildman–Crippen LogP) is 5.12. The van der Waals surface area contributed by atoms with Gasteiger partial charge in [0.05, 0.1) is 6.67 Å². The summed E-state index contributed by atoms with van der Waals surface area (Å²) in [5, 5.41) is 8.75. The van der Waals surface area contributed by atoms with Crippen molar-refractivity contribution in [1.29, 1.82) is 0 Å². The molecule has 0 spiro atoms. The summed E-state index contributed by atoms with van der Waals surface area (Å²) >= 11 is 6.96. The molecule has 0 fully saturated rings. The summed E-state index contributed by atoms with van der Waals surface area (Å²) in [4.78, 5) is 2.22. The van der Waals surface area contributed by atoms with Crippen LogP contribution in [-0.4, -0.2) is 21.7 Å². The van der Waals surface area contributed by atoms with Gasteiger partial charge in [0, 0.05) is 12.2 Å². The third-order valence-corrected chi connectivity index (χ3v) is 5.21. The first-order valence-electron chi connectivity index (χ1n) is 8.16. The highest BCUT2D eigenvalue weighted by atomic mass is 32.1. The predicted molar refractivity (Wildman–Crippen MR) is 108 cm³/mol. The van der Waals surface area contributed by atoms with Gasteiger partial charge in [-0.25, -0.2) is 4.68 Å². The lowest BCUT2D eigenvalue weighted by Crippen LogP contribution is -2.22. The largest absolute Gasteiger partial charge is 0.330 e. The van der Waals surface area contributed by atoms with Crippen molar-refractivity contribution in [2.75, 3.05) is 12.4 Å². The van der Waals surface area contributed by atoms with E-state index in [1.54, 1.807) is 0 Å². The SMILES string of the molecule is Cc1ccc(Nc2nn(CN(C)Cc3ccccc3C)c(=S)s2)cc1. The van der Waals surface area contributed by atoms with E-state index in [9.17, 15) is 0 Å². The van der Waals surface area contributed by atoms with Gasteiger partial charge in [0.1, 0.15) is 0 Å². The van der Waals surface area contributed by atoms with Crippen LogP contribution in [0.2, 0.25) is 0 Å². The Labute approximate surface area is 157 Å². The Morgan fingerprint density at radius 3 is 2.56 bits per heavy atom. The first-order chi connectivity index (χ1) is 12.0. The highest BCUT2D eigenvalue weighted by Crippen LogP contribution is 2.21. The van der Waals surface area contributed by atoms with Gasteiger partial charge >= 0.3 is 0 Å². The van der Waals surface area contributed by atoms with E-state index in [0.717, 1.165) is 21.3 Å². The molecule has 4 nitrogen and oxygen atoms in total. The topological polar surface area (TPSA) is 33.1 Å². The molecule has 0 saturated heterocycles. The number of nitrogens with zero attached hydrogens (tertiary/aromatic N) is 3. The molecule has 0 radical (unpaired) electrons. The summed E-state index contributed by atoms with van der Waals surface area (Å²) in [7, 11) is 2.08. The van der Waals surface area contributed by atoms with Crippen LogP contribution in [0.25, 0.3) is 0 Å². The first kappa shape index (κ1) is 17.8. The van der Waals surface area contributed by atoms with E-state index in [4.69, 9.17) is 12.2 Å². The number of hydrogen-bond donors (Lipinski definition) is 1. The van der Waals surface area contributed by atoms with Crippen molar-refractivity contribution in [1.82, 2.24) is 14.7 Å². The molecule has 0 aliphatic heterocycles. The summed E-state index contributed by atoms with van der Waals surface area (Å²) in [6.07, 6.45) is 0. The Morgan fingerprint density at radius 1 is 1.12 bits per heavy atom. The summed E-state index contributed by atoms with van der Waals surface area (Å²) in [6, 6.07) is 16.7. The van der Waals surface area contributed by atoms with E-state index < -0.39 is 0 Å². The molecule has 0 saturated carbocycles. The van der Waals surface area contributed by atoms with Crippen LogP contribution in [0.3, 0.4) is 0 Å². The number of hydrogen-bond acceptors (Lipinski definition) is 5. The molecule has 1 N–H and O–H groups in total. The second-order valence-electron chi connectivity index (χ2n) is 6.25. The molecule has 3 rings (SSSR count). The second kappa shape index (κ2) is 7.91. The molecular formula is C19H22N4S2. The summed E-state index contributed by atoms with van der Waals surface area (Å²) in [6.45, 7) is 5.75. The molecule has 0 amide bonds.